The Morgan fingerprint density at radius 3 is 2.27 bits per heavy atom. The van der Waals surface area contributed by atoms with Crippen LogP contribution in [0.2, 0.25) is 0 Å². The van der Waals surface area contributed by atoms with E-state index < -0.39 is 12.2 Å². The Balaban J connectivity index is 1.07. The van der Waals surface area contributed by atoms with Crippen molar-refractivity contribution in [2.75, 3.05) is 51.6 Å². The largest absolute Gasteiger partial charge is 0.436 e. The van der Waals surface area contributed by atoms with Gasteiger partial charge in [0.2, 0.25) is 0 Å². The molecule has 4 aliphatic rings. The van der Waals surface area contributed by atoms with Gasteiger partial charge in [-0.05, 0) is 125 Å². The molecule has 1 N–H and O–H groups in total. The molecular weight excluding hydrogens is 710 g/mol. The zero-order chi connectivity index (χ0) is 30.8. The van der Waals surface area contributed by atoms with Crippen molar-refractivity contribution in [1.29, 1.82) is 0 Å². The smallest absolute Gasteiger partial charge is 0.410 e. The van der Waals surface area contributed by atoms with Gasteiger partial charge in [-0.1, -0.05) is 6.07 Å². The summed E-state index contributed by atoms with van der Waals surface area (Å²) in [5.74, 6) is 1.29. The van der Waals surface area contributed by atoms with Crippen LogP contribution in [0.15, 0.2) is 37.9 Å². The number of piperidine rings is 3. The van der Waals surface area contributed by atoms with Gasteiger partial charge in [0.05, 0.1) is 12.2 Å². The van der Waals surface area contributed by atoms with Gasteiger partial charge in [-0.25, -0.2) is 9.59 Å². The van der Waals surface area contributed by atoms with Gasteiger partial charge >= 0.3 is 12.1 Å². The van der Waals surface area contributed by atoms with Crippen molar-refractivity contribution in [3.63, 3.8) is 0 Å². The number of amides is 4. The first-order chi connectivity index (χ1) is 21.2. The number of hydrogen-bond acceptors (Lipinski definition) is 6. The third kappa shape index (κ3) is 7.29. The molecule has 2 aromatic rings. The molecule has 5 heterocycles. The summed E-state index contributed by atoms with van der Waals surface area (Å²) >= 11 is 8.68. The molecule has 9 nitrogen and oxygen atoms in total. The molecule has 1 aromatic carbocycles. The van der Waals surface area contributed by atoms with E-state index in [1.165, 1.54) is 12.8 Å². The summed E-state index contributed by atoms with van der Waals surface area (Å²) in [5.41, 5.74) is 2.96. The number of carbonyl (C=O) groups excluding carboxylic acids is 3. The predicted octanol–water partition coefficient (Wildman–Crippen LogP) is 6.41. The number of benzene rings is 1. The first kappa shape index (κ1) is 31.8. The highest BCUT2D eigenvalue weighted by Crippen LogP contribution is 2.34. The molecule has 238 valence electrons. The fourth-order valence-corrected chi connectivity index (χ4v) is 8.66. The zero-order valence-corrected chi connectivity index (χ0v) is 29.2. The van der Waals surface area contributed by atoms with E-state index in [0.29, 0.717) is 57.9 Å². The Hall–Kier alpha value is -2.15. The number of nitrogens with one attached hydrogen (secondary N) is 1. The second-order valence-electron chi connectivity index (χ2n) is 12.7. The van der Waals surface area contributed by atoms with Crippen molar-refractivity contribution in [3.8, 4) is 0 Å². The van der Waals surface area contributed by atoms with Crippen LogP contribution in [0.25, 0.3) is 0 Å². The van der Waals surface area contributed by atoms with Crippen LogP contribution >= 0.6 is 43.2 Å². The van der Waals surface area contributed by atoms with Crippen LogP contribution in [0.4, 0.5) is 15.3 Å². The average molecular weight is 752 g/mol. The molecule has 0 unspecified atom stereocenters. The molecular formula is C32H41Br2N5O4S. The SMILES string of the molecule is CN1CCC(C2CCN(C(=O)[C@@H](Cc3ccc(Br)c(Br)c3)OC(=O)N3CCC(N4Cc5cscc5NC4=O)CC3)CC2)CC1. The molecule has 4 amide bonds. The van der Waals surface area contributed by atoms with Crippen molar-refractivity contribution < 1.29 is 19.1 Å². The Bertz CT molecular complexity index is 1350. The summed E-state index contributed by atoms with van der Waals surface area (Å²) in [4.78, 5) is 48.0. The molecule has 12 heteroatoms. The molecule has 4 aliphatic heterocycles. The third-order valence-electron chi connectivity index (χ3n) is 9.95. The highest BCUT2D eigenvalue weighted by Gasteiger charge is 2.37. The van der Waals surface area contributed by atoms with Crippen LogP contribution in [-0.2, 0) is 22.5 Å². The number of nitrogens with zero attached hydrogens (tertiary/aromatic N) is 4. The number of likely N-dealkylation sites (tertiary alicyclic amines) is 3. The Morgan fingerprint density at radius 2 is 1.59 bits per heavy atom. The number of hydrogen-bond donors (Lipinski definition) is 1. The lowest BCUT2D eigenvalue weighted by Gasteiger charge is -2.41. The summed E-state index contributed by atoms with van der Waals surface area (Å²) in [6.07, 6.45) is 4.81. The Morgan fingerprint density at radius 1 is 0.932 bits per heavy atom. The number of carbonyl (C=O) groups is 3. The minimum Gasteiger partial charge on any atom is -0.436 e. The normalized spacial score (nSPS) is 21.6. The molecule has 3 fully saturated rings. The molecule has 0 aliphatic carbocycles. The highest BCUT2D eigenvalue weighted by atomic mass is 79.9. The number of halogens is 2. The van der Waals surface area contributed by atoms with Gasteiger partial charge in [0, 0.05) is 58.5 Å². The van der Waals surface area contributed by atoms with E-state index in [1.54, 1.807) is 16.2 Å². The first-order valence-corrected chi connectivity index (χ1v) is 18.3. The standard InChI is InChI=1S/C32H41Br2N5O4S/c1-36-10-4-22(5-11-36)23-6-12-37(13-7-23)30(40)29(17-21-2-3-26(33)27(34)16-21)43-32(42)38-14-8-25(9-15-38)39-18-24-19-44-20-28(24)35-31(39)41/h2-3,16,19-20,22-23,25,29H,4-15,17-18H2,1H3,(H,35,41)/t29-/m1/s1. The topological polar surface area (TPSA) is 85.4 Å². The maximum atomic E-state index is 13.9. The summed E-state index contributed by atoms with van der Waals surface area (Å²) in [7, 11) is 2.19. The summed E-state index contributed by atoms with van der Waals surface area (Å²) < 4.78 is 7.87. The van der Waals surface area contributed by atoms with Crippen molar-refractivity contribution in [1.82, 2.24) is 19.6 Å². The minimum absolute atomic E-state index is 0.0514. The molecule has 0 radical (unpaired) electrons. The van der Waals surface area contributed by atoms with E-state index in [0.717, 1.165) is 57.6 Å². The van der Waals surface area contributed by atoms with Crippen LogP contribution < -0.4 is 5.32 Å². The lowest BCUT2D eigenvalue weighted by Crippen LogP contribution is -2.52. The van der Waals surface area contributed by atoms with Gasteiger partial charge in [-0.15, -0.1) is 11.3 Å². The molecule has 0 bridgehead atoms. The van der Waals surface area contributed by atoms with Crippen LogP contribution in [0.1, 0.15) is 49.7 Å². The lowest BCUT2D eigenvalue weighted by atomic mass is 9.79. The molecule has 1 atom stereocenters. The number of rotatable bonds is 6. The van der Waals surface area contributed by atoms with Crippen molar-refractivity contribution >= 4 is 66.9 Å². The maximum Gasteiger partial charge on any atom is 0.410 e. The summed E-state index contributed by atoms with van der Waals surface area (Å²) in [5, 5.41) is 7.03. The van der Waals surface area contributed by atoms with E-state index in [-0.39, 0.29) is 18.0 Å². The lowest BCUT2D eigenvalue weighted by molar-refractivity contribution is -0.142. The van der Waals surface area contributed by atoms with Gasteiger partial charge in [0.25, 0.3) is 5.91 Å². The van der Waals surface area contributed by atoms with Crippen molar-refractivity contribution in [2.24, 2.45) is 11.8 Å². The summed E-state index contributed by atoms with van der Waals surface area (Å²) in [6, 6.07) is 5.84. The van der Waals surface area contributed by atoms with Crippen LogP contribution in [0, 0.1) is 11.8 Å². The van der Waals surface area contributed by atoms with Gasteiger partial charge in [-0.2, -0.15) is 0 Å². The number of urea groups is 1. The Kier molecular flexibility index (Phi) is 10.2. The second kappa shape index (κ2) is 14.1. The van der Waals surface area contributed by atoms with Crippen molar-refractivity contribution in [2.45, 2.75) is 63.6 Å². The molecule has 0 saturated carbocycles. The van der Waals surface area contributed by atoms with E-state index in [1.807, 2.05) is 33.4 Å². The second-order valence-corrected chi connectivity index (χ2v) is 15.2. The quantitative estimate of drug-likeness (QED) is 0.369. The zero-order valence-electron chi connectivity index (χ0n) is 25.2. The average Bonchev–Trinajstić information content (AvgIpc) is 3.49. The minimum atomic E-state index is -0.891. The van der Waals surface area contributed by atoms with Gasteiger partial charge in [-0.3, -0.25) is 4.79 Å². The highest BCUT2D eigenvalue weighted by molar-refractivity contribution is 9.13. The number of fused-ring (bicyclic) bond motifs is 1. The van der Waals surface area contributed by atoms with Gasteiger partial charge < -0.3 is 29.7 Å². The van der Waals surface area contributed by atoms with Gasteiger partial charge in [0.15, 0.2) is 6.10 Å². The number of ether oxygens (including phenoxy) is 1. The molecule has 6 rings (SSSR count). The summed E-state index contributed by atoms with van der Waals surface area (Å²) in [6.45, 7) is 5.29. The first-order valence-electron chi connectivity index (χ1n) is 15.7. The van der Waals surface area contributed by atoms with Crippen LogP contribution in [0.3, 0.4) is 0 Å². The molecule has 44 heavy (non-hydrogen) atoms. The van der Waals surface area contributed by atoms with E-state index in [2.05, 4.69) is 54.5 Å². The number of thiophene rings is 1. The predicted molar refractivity (Wildman–Crippen MR) is 179 cm³/mol. The fourth-order valence-electron chi connectivity index (χ4n) is 7.20. The monoisotopic (exact) mass is 749 g/mol. The van der Waals surface area contributed by atoms with Crippen molar-refractivity contribution in [3.05, 3.63) is 49.0 Å². The van der Waals surface area contributed by atoms with E-state index in [4.69, 9.17) is 4.74 Å². The third-order valence-corrected chi connectivity index (χ3v) is 12.6. The van der Waals surface area contributed by atoms with E-state index >= 15 is 0 Å². The van der Waals surface area contributed by atoms with Crippen LogP contribution in [0.5, 0.6) is 0 Å². The Labute approximate surface area is 280 Å². The molecule has 3 saturated heterocycles. The molecule has 0 spiro atoms. The number of anilines is 1. The fraction of sp³-hybridized carbons (Fsp3) is 0.594. The maximum absolute atomic E-state index is 13.9. The molecule has 1 aromatic heterocycles. The van der Waals surface area contributed by atoms with E-state index in [9.17, 15) is 14.4 Å². The van der Waals surface area contributed by atoms with Crippen LogP contribution in [-0.4, -0.2) is 96.1 Å². The van der Waals surface area contributed by atoms with Gasteiger partial charge in [0.1, 0.15) is 0 Å².